The Hall–Kier alpha value is -8.52. The van der Waals surface area contributed by atoms with E-state index in [1.807, 2.05) is 0 Å². The number of rotatable bonds is 29. The number of halogens is 3. The van der Waals surface area contributed by atoms with Crippen molar-refractivity contribution in [1.29, 1.82) is 0 Å². The second-order valence-electron chi connectivity index (χ2n) is 17.9. The Bertz CT molecular complexity index is 3400. The molecule has 2 unspecified atom stereocenters. The van der Waals surface area contributed by atoms with E-state index in [0.29, 0.717) is 87.0 Å². The number of carboxylic acid groups (broad SMARTS) is 1. The van der Waals surface area contributed by atoms with Crippen molar-refractivity contribution < 1.29 is 47.2 Å². The van der Waals surface area contributed by atoms with Gasteiger partial charge in [-0.3, -0.25) is 19.6 Å². The van der Waals surface area contributed by atoms with Crippen LogP contribution in [0.15, 0.2) is 83.1 Å². The van der Waals surface area contributed by atoms with Crippen LogP contribution in [-0.2, 0) is 43.3 Å². The zero-order valence-corrected chi connectivity index (χ0v) is 44.0. The number of aromatic amines is 1. The van der Waals surface area contributed by atoms with Crippen LogP contribution in [-0.4, -0.2) is 143 Å². The molecule has 0 saturated heterocycles. The van der Waals surface area contributed by atoms with Gasteiger partial charge in [-0.25, -0.2) is 48.0 Å². The maximum Gasteiger partial charge on any atom is 0.326 e. The van der Waals surface area contributed by atoms with Gasteiger partial charge in [0, 0.05) is 53.2 Å². The first kappa shape index (κ1) is 57.6. The molecule has 0 bridgehead atoms. The van der Waals surface area contributed by atoms with Crippen molar-refractivity contribution >= 4 is 63.4 Å². The molecule has 6 heterocycles. The number of alkyl halides is 1. The molecule has 1 aliphatic rings. The molecule has 4 atom stereocenters. The Balaban J connectivity index is 0.647. The second-order valence-corrected chi connectivity index (χ2v) is 18.4. The second kappa shape index (κ2) is 27.9. The molecule has 0 aliphatic carbocycles. The molecule has 0 radical (unpaired) electrons. The van der Waals surface area contributed by atoms with Crippen molar-refractivity contribution in [2.45, 2.75) is 63.3 Å². The summed E-state index contributed by atoms with van der Waals surface area (Å²) in [6.45, 7) is 14.1. The fraction of sp³-hybridized carbons (Fsp3) is 0.365. The molecule has 0 fully saturated rings. The molecule has 80 heavy (non-hydrogen) atoms. The normalized spacial score (nSPS) is 14.7. The van der Waals surface area contributed by atoms with Crippen molar-refractivity contribution in [2.24, 2.45) is 4.99 Å². The van der Waals surface area contributed by atoms with Gasteiger partial charge in [-0.2, -0.15) is 4.98 Å². The smallest absolute Gasteiger partial charge is 0.326 e. The van der Waals surface area contributed by atoms with Crippen LogP contribution in [0, 0.1) is 18.2 Å². The van der Waals surface area contributed by atoms with E-state index in [4.69, 9.17) is 47.6 Å². The van der Waals surface area contributed by atoms with Crippen molar-refractivity contribution in [3.05, 3.63) is 135 Å². The largest absolute Gasteiger partial charge is 0.480 e. The van der Waals surface area contributed by atoms with Crippen molar-refractivity contribution in [2.75, 3.05) is 70.5 Å². The van der Waals surface area contributed by atoms with Gasteiger partial charge in [0.2, 0.25) is 5.95 Å². The number of benzene rings is 2. The third kappa shape index (κ3) is 15.6. The SMILES string of the molecule is [C-]#[N+]c1ccc(F)c([C@@H](C)NC2c3nc(-c4cnc(OCCOCCOCCOCCOCCn5cc(CC[C@H](NC(=O)c6ccc(NCc7cnc8nc(N)[nH]c(=O)c8n7)cc6)C(=O)O)nn5)nc4)c(F)cc3N=C(C)C2Cl)c1. The molecule has 2 aromatic carbocycles. The quantitative estimate of drug-likeness (QED) is 0.0198. The first-order valence-corrected chi connectivity index (χ1v) is 25.5. The highest BCUT2D eigenvalue weighted by molar-refractivity contribution is 6.33. The highest BCUT2D eigenvalue weighted by atomic mass is 35.5. The van der Waals surface area contributed by atoms with Crippen LogP contribution in [0.2, 0.25) is 0 Å². The van der Waals surface area contributed by atoms with Crippen molar-refractivity contribution in [3.8, 4) is 17.3 Å². The predicted molar refractivity (Wildman–Crippen MR) is 287 cm³/mol. The van der Waals surface area contributed by atoms with Gasteiger partial charge in [-0.15, -0.1) is 16.7 Å². The summed E-state index contributed by atoms with van der Waals surface area (Å²) in [4.78, 5) is 72.8. The number of H-pyrrole nitrogens is 1. The summed E-state index contributed by atoms with van der Waals surface area (Å²) in [6, 6.07) is 9.43. The molecule has 25 nitrogen and oxygen atoms in total. The predicted octanol–water partition coefficient (Wildman–Crippen LogP) is 5.25. The molecule has 1 aliphatic heterocycles. The summed E-state index contributed by atoms with van der Waals surface area (Å²) in [6.07, 6.45) is 6.28. The zero-order valence-electron chi connectivity index (χ0n) is 43.3. The number of anilines is 2. The number of hydrogen-bond acceptors (Lipinski definition) is 20. The molecule has 7 aromatic rings. The van der Waals surface area contributed by atoms with E-state index in [0.717, 1.165) is 0 Å². The number of nitrogens with two attached hydrogens (primary N) is 1. The maximum absolute atomic E-state index is 15.5. The average Bonchev–Trinajstić information content (AvgIpc) is 4.00. The van der Waals surface area contributed by atoms with Gasteiger partial charge in [0.25, 0.3) is 11.5 Å². The number of hydrogen-bond donors (Lipinski definition) is 6. The Morgan fingerprint density at radius 2 is 1.60 bits per heavy atom. The number of carboxylic acids is 1. The summed E-state index contributed by atoms with van der Waals surface area (Å²) in [5, 5.41) is 26.4. The number of nitrogens with zero attached hydrogens (tertiary/aromatic N) is 11. The van der Waals surface area contributed by atoms with E-state index >= 15 is 4.39 Å². The number of aryl methyl sites for hydroxylation is 1. The van der Waals surface area contributed by atoms with E-state index in [9.17, 15) is 23.9 Å². The Morgan fingerprint density at radius 1 is 0.900 bits per heavy atom. The van der Waals surface area contributed by atoms with Gasteiger partial charge in [-0.05, 0) is 68.7 Å². The molecular formula is C52H55ClF2N16O9. The van der Waals surface area contributed by atoms with E-state index in [1.165, 1.54) is 42.9 Å². The van der Waals surface area contributed by atoms with Crippen LogP contribution in [0.5, 0.6) is 6.01 Å². The van der Waals surface area contributed by atoms with Crippen LogP contribution in [0.1, 0.15) is 65.4 Å². The van der Waals surface area contributed by atoms with E-state index in [-0.39, 0.29) is 83.8 Å². The third-order valence-corrected chi connectivity index (χ3v) is 12.8. The monoisotopic (exact) mass is 1120 g/mol. The Morgan fingerprint density at radius 3 is 2.30 bits per heavy atom. The Kier molecular flexibility index (Phi) is 20.1. The van der Waals surface area contributed by atoms with Gasteiger partial charge in [0.05, 0.1) is 113 Å². The van der Waals surface area contributed by atoms with Gasteiger partial charge in [0.1, 0.15) is 24.2 Å². The highest BCUT2D eigenvalue weighted by Gasteiger charge is 2.34. The molecule has 5 aromatic heterocycles. The van der Waals surface area contributed by atoms with E-state index < -0.39 is 52.6 Å². The first-order chi connectivity index (χ1) is 38.7. The molecule has 7 N–H and O–H groups in total. The minimum absolute atomic E-state index is 0.0278. The lowest BCUT2D eigenvalue weighted by Crippen LogP contribution is -2.41. The van der Waals surface area contributed by atoms with Gasteiger partial charge in [-0.1, -0.05) is 11.3 Å². The van der Waals surface area contributed by atoms with Crippen molar-refractivity contribution in [3.63, 3.8) is 0 Å². The highest BCUT2D eigenvalue weighted by Crippen LogP contribution is 2.39. The number of ether oxygens (including phenoxy) is 5. The summed E-state index contributed by atoms with van der Waals surface area (Å²) < 4.78 is 59.8. The van der Waals surface area contributed by atoms with Gasteiger partial charge < -0.3 is 50.5 Å². The molecule has 28 heteroatoms. The molecule has 0 saturated carbocycles. The van der Waals surface area contributed by atoms with Crippen molar-refractivity contribution in [1.82, 2.24) is 60.5 Å². The Labute approximate surface area is 460 Å². The minimum Gasteiger partial charge on any atom is -0.480 e. The lowest BCUT2D eigenvalue weighted by molar-refractivity contribution is -0.139. The van der Waals surface area contributed by atoms with Gasteiger partial charge >= 0.3 is 12.0 Å². The van der Waals surface area contributed by atoms with Crippen LogP contribution >= 0.6 is 11.6 Å². The number of aliphatic imine (C=N–C) groups is 1. The first-order valence-electron chi connectivity index (χ1n) is 25.1. The standard InChI is InChI=1S/C52H55ClF2N16O9/c1-29(37-22-34(57-3)8-10-38(37)54)63-45-42(53)30(2)62-41-23-39(55)43(66-44(41)45)32-24-60-52(61-25-32)80-21-20-79-19-18-78-17-16-77-15-14-76-13-12-71-28-35(69-70-71)9-11-40(50(74)75)65-48(72)31-4-6-33(7-5-31)58-26-36-27-59-47-46(64-36)49(73)68-51(56)67-47/h4-8,10,22-25,27-29,40,42,45,58,63H,9,11-21,26H2,1-2H3,(H,65,72)(H,74,75)(H3,56,59,67,68,73)/t29-,40+,42?,45?/m1/s1. The summed E-state index contributed by atoms with van der Waals surface area (Å²) in [7, 11) is 0. The van der Waals surface area contributed by atoms with Crippen LogP contribution in [0.4, 0.5) is 31.8 Å². The summed E-state index contributed by atoms with van der Waals surface area (Å²) in [5.74, 6) is -2.94. The third-order valence-electron chi connectivity index (χ3n) is 12.2. The minimum atomic E-state index is -1.19. The lowest BCUT2D eigenvalue weighted by atomic mass is 9.97. The van der Waals surface area contributed by atoms with E-state index in [2.05, 4.69) is 71.0 Å². The molecule has 8 rings (SSSR count). The molecule has 418 valence electrons. The lowest BCUT2D eigenvalue weighted by Gasteiger charge is -2.31. The number of nitrogen functional groups attached to an aromatic ring is 1. The molecule has 0 spiro atoms. The molecular weight excluding hydrogens is 1070 g/mol. The number of nitrogens with one attached hydrogen (secondary N) is 4. The number of pyridine rings is 1. The molecule has 1 amide bonds. The number of amides is 1. The number of aromatic nitrogens is 10. The van der Waals surface area contributed by atoms with Gasteiger partial charge in [0.15, 0.2) is 22.7 Å². The van der Waals surface area contributed by atoms with Crippen LogP contribution in [0.25, 0.3) is 27.3 Å². The summed E-state index contributed by atoms with van der Waals surface area (Å²) >= 11 is 6.78. The number of aliphatic carboxylic acids is 1. The maximum atomic E-state index is 15.5. The summed E-state index contributed by atoms with van der Waals surface area (Å²) in [5.41, 5.74) is 9.18. The van der Waals surface area contributed by atoms with E-state index in [1.54, 1.807) is 49.0 Å². The fourth-order valence-electron chi connectivity index (χ4n) is 8.07. The topological polar surface area (TPSA) is 320 Å². The number of carbonyl (C=O) groups is 2. The zero-order chi connectivity index (χ0) is 56.5. The fourth-order valence-corrected chi connectivity index (χ4v) is 8.31. The number of carbonyl (C=O) groups excluding carboxylic acids is 1. The van der Waals surface area contributed by atoms with Crippen LogP contribution < -0.4 is 32.0 Å². The van der Waals surface area contributed by atoms with Crippen LogP contribution in [0.3, 0.4) is 0 Å². The average molecular weight is 1120 g/mol. The number of fused-ring (bicyclic) bond motifs is 2.